The molecule has 0 bridgehead atoms. The highest BCUT2D eigenvalue weighted by atomic mass is 16.5. The summed E-state index contributed by atoms with van der Waals surface area (Å²) < 4.78 is 5.14. The van der Waals surface area contributed by atoms with E-state index in [0.29, 0.717) is 11.4 Å². The lowest BCUT2D eigenvalue weighted by Crippen LogP contribution is -2.40. The molecule has 0 aromatic heterocycles. The van der Waals surface area contributed by atoms with Crippen molar-refractivity contribution >= 4 is 17.5 Å². The van der Waals surface area contributed by atoms with Crippen molar-refractivity contribution in [1.29, 1.82) is 0 Å². The topological polar surface area (TPSA) is 61.9 Å². The average Bonchev–Trinajstić information content (AvgIpc) is 2.67. The number of carbonyl (C=O) groups is 2. The Kier molecular flexibility index (Phi) is 7.37. The Balaban J connectivity index is 1.85. The molecule has 1 N–H and O–H groups in total. The minimum atomic E-state index is -0.183. The highest BCUT2D eigenvalue weighted by Crippen LogP contribution is 2.18. The monoisotopic (exact) mass is 369 g/mol. The van der Waals surface area contributed by atoms with Crippen LogP contribution in [0, 0.1) is 0 Å². The summed E-state index contributed by atoms with van der Waals surface area (Å²) in [7, 11) is 5.11. The largest absolute Gasteiger partial charge is 0.497 e. The Morgan fingerprint density at radius 3 is 2.41 bits per heavy atom. The predicted octanol–water partition coefficient (Wildman–Crippen LogP) is 2.79. The number of likely N-dealkylation sites (N-methyl/N-ethyl adjacent to an activating group) is 2. The molecule has 1 unspecified atom stereocenters. The summed E-state index contributed by atoms with van der Waals surface area (Å²) in [5.74, 6) is 0.452. The molecule has 0 saturated heterocycles. The van der Waals surface area contributed by atoms with Crippen molar-refractivity contribution < 1.29 is 14.3 Å². The van der Waals surface area contributed by atoms with Gasteiger partial charge < -0.3 is 15.0 Å². The van der Waals surface area contributed by atoms with Gasteiger partial charge in [-0.15, -0.1) is 0 Å². The Bertz CT molecular complexity index is 764. The van der Waals surface area contributed by atoms with Gasteiger partial charge in [-0.05, 0) is 31.7 Å². The first-order chi connectivity index (χ1) is 12.9. The second-order valence-electron chi connectivity index (χ2n) is 6.54. The Morgan fingerprint density at radius 1 is 1.04 bits per heavy atom. The van der Waals surface area contributed by atoms with Gasteiger partial charge >= 0.3 is 0 Å². The molecule has 0 aliphatic heterocycles. The van der Waals surface area contributed by atoms with Gasteiger partial charge in [0.2, 0.25) is 11.8 Å². The summed E-state index contributed by atoms with van der Waals surface area (Å²) in [6.45, 7) is 2.28. The molecule has 0 aliphatic rings. The molecule has 144 valence electrons. The zero-order valence-corrected chi connectivity index (χ0v) is 16.3. The van der Waals surface area contributed by atoms with Gasteiger partial charge in [-0.25, -0.2) is 0 Å². The lowest BCUT2D eigenvalue weighted by atomic mass is 10.1. The molecule has 6 heteroatoms. The van der Waals surface area contributed by atoms with Gasteiger partial charge in [-0.1, -0.05) is 36.4 Å². The molecule has 0 radical (unpaired) electrons. The Hall–Kier alpha value is -2.86. The summed E-state index contributed by atoms with van der Waals surface area (Å²) in [4.78, 5) is 28.1. The van der Waals surface area contributed by atoms with Gasteiger partial charge in [0, 0.05) is 18.8 Å². The van der Waals surface area contributed by atoms with Crippen LogP contribution < -0.4 is 10.1 Å². The number of anilines is 1. The standard InChI is InChI=1S/C21H27N3O3/c1-16(17-9-6-5-7-10-17)24(3)21(26)15-23(2)14-20(25)22-18-11-8-12-19(13-18)27-4/h5-13,16H,14-15H2,1-4H3,(H,22,25). The summed E-state index contributed by atoms with van der Waals surface area (Å²) in [5.41, 5.74) is 1.74. The van der Waals surface area contributed by atoms with Crippen LogP contribution >= 0.6 is 0 Å². The quantitative estimate of drug-likeness (QED) is 0.777. The zero-order chi connectivity index (χ0) is 19.8. The van der Waals surface area contributed by atoms with Gasteiger partial charge in [0.1, 0.15) is 5.75 Å². The molecule has 0 heterocycles. The Morgan fingerprint density at radius 2 is 1.74 bits per heavy atom. The molecular weight excluding hydrogens is 342 g/mol. The third kappa shape index (κ3) is 6.11. The number of ether oxygens (including phenoxy) is 1. The maximum atomic E-state index is 12.5. The number of benzene rings is 2. The number of carbonyl (C=O) groups excluding carboxylic acids is 2. The maximum Gasteiger partial charge on any atom is 0.238 e. The minimum Gasteiger partial charge on any atom is -0.497 e. The predicted molar refractivity (Wildman–Crippen MR) is 107 cm³/mol. The van der Waals surface area contributed by atoms with Gasteiger partial charge in [-0.2, -0.15) is 0 Å². The lowest BCUT2D eigenvalue weighted by molar-refractivity contribution is -0.133. The fraction of sp³-hybridized carbons (Fsp3) is 0.333. The third-order valence-electron chi connectivity index (χ3n) is 4.43. The minimum absolute atomic E-state index is 0.0299. The highest BCUT2D eigenvalue weighted by Gasteiger charge is 2.19. The average molecular weight is 369 g/mol. The van der Waals surface area contributed by atoms with E-state index in [-0.39, 0.29) is 30.9 Å². The number of nitrogens with zero attached hydrogens (tertiary/aromatic N) is 2. The summed E-state index contributed by atoms with van der Waals surface area (Å²) in [6.07, 6.45) is 0. The van der Waals surface area contributed by atoms with Crippen LogP contribution in [-0.2, 0) is 9.59 Å². The van der Waals surface area contributed by atoms with Crippen molar-refractivity contribution in [3.05, 3.63) is 60.2 Å². The van der Waals surface area contributed by atoms with Gasteiger partial charge in [0.05, 0.1) is 26.2 Å². The zero-order valence-electron chi connectivity index (χ0n) is 16.3. The van der Waals surface area contributed by atoms with Gasteiger partial charge in [0.25, 0.3) is 0 Å². The molecule has 0 saturated carbocycles. The molecule has 27 heavy (non-hydrogen) atoms. The van der Waals surface area contributed by atoms with Crippen LogP contribution in [-0.4, -0.2) is 55.9 Å². The van der Waals surface area contributed by atoms with Crippen molar-refractivity contribution in [2.75, 3.05) is 39.6 Å². The van der Waals surface area contributed by atoms with E-state index < -0.39 is 0 Å². The molecule has 6 nitrogen and oxygen atoms in total. The number of nitrogens with one attached hydrogen (secondary N) is 1. The lowest BCUT2D eigenvalue weighted by Gasteiger charge is -2.27. The highest BCUT2D eigenvalue weighted by molar-refractivity contribution is 5.92. The van der Waals surface area contributed by atoms with Crippen LogP contribution in [0.4, 0.5) is 5.69 Å². The molecule has 0 spiro atoms. The van der Waals surface area contributed by atoms with Gasteiger partial charge in [-0.3, -0.25) is 14.5 Å². The summed E-state index contributed by atoms with van der Waals surface area (Å²) in [5, 5.41) is 2.81. The summed E-state index contributed by atoms with van der Waals surface area (Å²) >= 11 is 0. The molecule has 1 atom stereocenters. The van der Waals surface area contributed by atoms with E-state index in [4.69, 9.17) is 4.74 Å². The smallest absolute Gasteiger partial charge is 0.238 e. The van der Waals surface area contributed by atoms with E-state index >= 15 is 0 Å². The molecule has 0 aliphatic carbocycles. The molecule has 2 aromatic rings. The van der Waals surface area contributed by atoms with Crippen molar-refractivity contribution in [3.63, 3.8) is 0 Å². The molecular formula is C21H27N3O3. The molecule has 2 amide bonds. The number of amides is 2. The van der Waals surface area contributed by atoms with E-state index in [0.717, 1.165) is 5.56 Å². The third-order valence-corrected chi connectivity index (χ3v) is 4.43. The molecule has 2 rings (SSSR count). The van der Waals surface area contributed by atoms with Crippen molar-refractivity contribution in [1.82, 2.24) is 9.80 Å². The van der Waals surface area contributed by atoms with E-state index in [9.17, 15) is 9.59 Å². The van der Waals surface area contributed by atoms with E-state index in [2.05, 4.69) is 5.32 Å². The van der Waals surface area contributed by atoms with Crippen LogP contribution in [0.15, 0.2) is 54.6 Å². The van der Waals surface area contributed by atoms with Crippen LogP contribution in [0.5, 0.6) is 5.75 Å². The second kappa shape index (κ2) is 9.73. The van der Waals surface area contributed by atoms with Crippen molar-refractivity contribution in [2.45, 2.75) is 13.0 Å². The van der Waals surface area contributed by atoms with E-state index in [1.165, 1.54) is 0 Å². The molecule has 2 aromatic carbocycles. The van der Waals surface area contributed by atoms with E-state index in [1.54, 1.807) is 43.1 Å². The van der Waals surface area contributed by atoms with Crippen molar-refractivity contribution in [2.24, 2.45) is 0 Å². The normalized spacial score (nSPS) is 11.7. The SMILES string of the molecule is COc1cccc(NC(=O)CN(C)CC(=O)N(C)C(C)c2ccccc2)c1. The first kappa shape index (κ1) is 20.5. The van der Waals surface area contributed by atoms with Crippen molar-refractivity contribution in [3.8, 4) is 5.75 Å². The Labute approximate surface area is 160 Å². The van der Waals surface area contributed by atoms with Crippen LogP contribution in [0.3, 0.4) is 0 Å². The maximum absolute atomic E-state index is 12.5. The van der Waals surface area contributed by atoms with Gasteiger partial charge in [0.15, 0.2) is 0 Å². The first-order valence-electron chi connectivity index (χ1n) is 8.83. The fourth-order valence-electron chi connectivity index (χ4n) is 2.72. The first-order valence-corrected chi connectivity index (χ1v) is 8.83. The molecule has 0 fully saturated rings. The van der Waals surface area contributed by atoms with Crippen LogP contribution in [0.1, 0.15) is 18.5 Å². The number of hydrogen-bond acceptors (Lipinski definition) is 4. The fourth-order valence-corrected chi connectivity index (χ4v) is 2.72. The number of hydrogen-bond donors (Lipinski definition) is 1. The second-order valence-corrected chi connectivity index (χ2v) is 6.54. The van der Waals surface area contributed by atoms with E-state index in [1.807, 2.05) is 49.4 Å². The number of methoxy groups -OCH3 is 1. The summed E-state index contributed by atoms with van der Waals surface area (Å²) in [6, 6.07) is 17.0. The number of rotatable bonds is 8. The van der Waals surface area contributed by atoms with Crippen LogP contribution in [0.25, 0.3) is 0 Å². The van der Waals surface area contributed by atoms with Crippen LogP contribution in [0.2, 0.25) is 0 Å².